The van der Waals surface area contributed by atoms with Gasteiger partial charge in [-0.25, -0.2) is 8.78 Å². The van der Waals surface area contributed by atoms with Crippen molar-refractivity contribution >= 4 is 11.8 Å². The molecule has 6 rings (SSSR count). The van der Waals surface area contributed by atoms with Crippen LogP contribution in [0, 0.1) is 11.6 Å². The van der Waals surface area contributed by atoms with Crippen molar-refractivity contribution in [1.29, 1.82) is 0 Å². The number of fused-ring (bicyclic) bond motifs is 5. The molecule has 2 amide bonds. The Bertz CT molecular complexity index is 1610. The maximum absolute atomic E-state index is 14.6. The zero-order valence-electron chi connectivity index (χ0n) is 23.4. The standard InChI is InChI=1S/C31H32F2N4O5/c1-18-10-11-31(13-19(2)37(42-31)14-21-8-9-22(32)12-24(21)33)25-16-35(18)30(40)26-28(41-17-20-6-4-3-5-7-20)27(38)23(29(34)39)15-36(25)26/h3-9,12,15,18-19,25H,10-11,13-14,16-17H2,1-2H3,(H2,34,39)/t18-,19?,25+,31-/m0/s1. The molecule has 1 unspecified atom stereocenters. The number of carbonyl (C=O) groups is 2. The molecule has 2 N–H and O–H groups in total. The number of nitrogens with two attached hydrogens (primary N) is 1. The number of halogens is 2. The molecule has 2 saturated heterocycles. The highest BCUT2D eigenvalue weighted by Crippen LogP contribution is 2.49. The number of primary amides is 1. The minimum atomic E-state index is -0.931. The zero-order valence-corrected chi connectivity index (χ0v) is 23.4. The van der Waals surface area contributed by atoms with Crippen molar-refractivity contribution in [3.8, 4) is 5.75 Å². The van der Waals surface area contributed by atoms with Crippen molar-refractivity contribution in [2.75, 3.05) is 6.54 Å². The van der Waals surface area contributed by atoms with E-state index >= 15 is 0 Å². The van der Waals surface area contributed by atoms with Crippen LogP contribution in [0.25, 0.3) is 0 Å². The Morgan fingerprint density at radius 1 is 1.12 bits per heavy atom. The minimum absolute atomic E-state index is 0.00842. The molecule has 1 aromatic heterocycles. The number of pyridine rings is 1. The summed E-state index contributed by atoms with van der Waals surface area (Å²) in [5.41, 5.74) is 4.87. The Kier molecular flexibility index (Phi) is 7.10. The van der Waals surface area contributed by atoms with Crippen molar-refractivity contribution in [2.45, 2.75) is 70.0 Å². The first kappa shape index (κ1) is 28.0. The van der Waals surface area contributed by atoms with Crippen molar-refractivity contribution in [3.63, 3.8) is 0 Å². The van der Waals surface area contributed by atoms with Gasteiger partial charge in [0.15, 0.2) is 11.4 Å². The Labute approximate surface area is 241 Å². The summed E-state index contributed by atoms with van der Waals surface area (Å²) in [6, 6.07) is 11.8. The van der Waals surface area contributed by atoms with Gasteiger partial charge in [0.1, 0.15) is 29.4 Å². The lowest BCUT2D eigenvalue weighted by molar-refractivity contribution is -0.225. The van der Waals surface area contributed by atoms with Gasteiger partial charge in [-0.15, -0.1) is 0 Å². The van der Waals surface area contributed by atoms with Crippen LogP contribution in [0.15, 0.2) is 59.5 Å². The van der Waals surface area contributed by atoms with Crippen LogP contribution >= 0.6 is 0 Å². The number of ether oxygens (including phenoxy) is 1. The minimum Gasteiger partial charge on any atom is -0.483 e. The highest BCUT2D eigenvalue weighted by atomic mass is 19.1. The van der Waals surface area contributed by atoms with Crippen LogP contribution in [0.1, 0.15) is 71.1 Å². The van der Waals surface area contributed by atoms with E-state index in [1.807, 2.05) is 44.2 Å². The van der Waals surface area contributed by atoms with Gasteiger partial charge in [0.2, 0.25) is 5.43 Å². The third-order valence-electron chi connectivity index (χ3n) is 8.75. The van der Waals surface area contributed by atoms with Gasteiger partial charge in [0.25, 0.3) is 11.8 Å². The maximum atomic E-state index is 14.6. The first-order valence-electron chi connectivity index (χ1n) is 14.0. The van der Waals surface area contributed by atoms with Crippen LogP contribution in [-0.2, 0) is 18.0 Å². The number of nitrogens with zero attached hydrogens (tertiary/aromatic N) is 3. The molecule has 0 radical (unpaired) electrons. The second kappa shape index (κ2) is 10.6. The molecular weight excluding hydrogens is 546 g/mol. The summed E-state index contributed by atoms with van der Waals surface area (Å²) in [4.78, 5) is 48.3. The normalized spacial score (nSPS) is 25.4. The van der Waals surface area contributed by atoms with Gasteiger partial charge in [0.05, 0.1) is 12.6 Å². The Hall–Kier alpha value is -4.09. The average molecular weight is 579 g/mol. The van der Waals surface area contributed by atoms with E-state index in [-0.39, 0.29) is 54.7 Å². The predicted octanol–water partition coefficient (Wildman–Crippen LogP) is 3.95. The van der Waals surface area contributed by atoms with Gasteiger partial charge in [-0.2, -0.15) is 5.06 Å². The smallest absolute Gasteiger partial charge is 0.274 e. The highest BCUT2D eigenvalue weighted by Gasteiger charge is 2.55. The van der Waals surface area contributed by atoms with E-state index in [0.29, 0.717) is 24.8 Å². The number of hydrogen-bond donors (Lipinski definition) is 1. The number of hydroxylamine groups is 2. The largest absolute Gasteiger partial charge is 0.483 e. The first-order valence-corrected chi connectivity index (χ1v) is 14.0. The third-order valence-corrected chi connectivity index (χ3v) is 8.75. The number of amides is 2. The molecule has 1 spiro atoms. The summed E-state index contributed by atoms with van der Waals surface area (Å²) in [6.45, 7) is 4.29. The fourth-order valence-corrected chi connectivity index (χ4v) is 6.48. The molecule has 2 bridgehead atoms. The molecule has 2 fully saturated rings. The second-order valence-electron chi connectivity index (χ2n) is 11.5. The average Bonchev–Trinajstić information content (AvgIpc) is 3.22. The number of hydrogen-bond acceptors (Lipinski definition) is 6. The van der Waals surface area contributed by atoms with Crippen LogP contribution in [0.3, 0.4) is 0 Å². The van der Waals surface area contributed by atoms with Crippen LogP contribution in [0.4, 0.5) is 8.78 Å². The van der Waals surface area contributed by atoms with Crippen LogP contribution in [0.5, 0.6) is 5.75 Å². The predicted molar refractivity (Wildman–Crippen MR) is 149 cm³/mol. The summed E-state index contributed by atoms with van der Waals surface area (Å²) in [5.74, 6) is -2.85. The Morgan fingerprint density at radius 2 is 1.88 bits per heavy atom. The fourth-order valence-electron chi connectivity index (χ4n) is 6.48. The van der Waals surface area contributed by atoms with E-state index in [0.717, 1.165) is 11.6 Å². The van der Waals surface area contributed by atoms with E-state index in [1.54, 1.807) is 14.5 Å². The molecule has 0 saturated carbocycles. The van der Waals surface area contributed by atoms with Gasteiger partial charge >= 0.3 is 0 Å². The van der Waals surface area contributed by atoms with E-state index in [2.05, 4.69) is 0 Å². The van der Waals surface area contributed by atoms with E-state index in [9.17, 15) is 23.2 Å². The lowest BCUT2D eigenvalue weighted by Crippen LogP contribution is -2.52. The first-order chi connectivity index (χ1) is 20.1. The van der Waals surface area contributed by atoms with Crippen LogP contribution < -0.4 is 15.9 Å². The molecule has 4 heterocycles. The van der Waals surface area contributed by atoms with Gasteiger partial charge in [0, 0.05) is 36.5 Å². The Morgan fingerprint density at radius 3 is 2.60 bits per heavy atom. The van der Waals surface area contributed by atoms with Crippen LogP contribution in [-0.4, -0.2) is 50.6 Å². The van der Waals surface area contributed by atoms with E-state index < -0.39 is 34.6 Å². The molecule has 2 aromatic carbocycles. The van der Waals surface area contributed by atoms with E-state index in [4.69, 9.17) is 15.3 Å². The molecule has 42 heavy (non-hydrogen) atoms. The molecule has 11 heteroatoms. The maximum Gasteiger partial charge on any atom is 0.274 e. The summed E-state index contributed by atoms with van der Waals surface area (Å²) < 4.78 is 35.7. The molecule has 9 nitrogen and oxygen atoms in total. The SMILES string of the molecule is CC1C[C@]2(CC[C@H](C)N3C[C@H]2n2cc(C(N)=O)c(=O)c(OCc4ccccc4)c2C3=O)ON1Cc1ccc(F)cc1F. The van der Waals surface area contributed by atoms with Crippen molar-refractivity contribution in [3.05, 3.63) is 99.0 Å². The number of carbonyl (C=O) groups excluding carboxylic acids is 2. The van der Waals surface area contributed by atoms with Crippen molar-refractivity contribution < 1.29 is 27.9 Å². The second-order valence-corrected chi connectivity index (χ2v) is 11.5. The van der Waals surface area contributed by atoms with Gasteiger partial charge < -0.3 is 19.9 Å². The van der Waals surface area contributed by atoms with Crippen LogP contribution in [0.2, 0.25) is 0 Å². The lowest BCUT2D eigenvalue weighted by Gasteiger charge is -2.43. The summed E-state index contributed by atoms with van der Waals surface area (Å²) in [5, 5.41) is 1.69. The van der Waals surface area contributed by atoms with Crippen molar-refractivity contribution in [1.82, 2.24) is 14.5 Å². The molecule has 3 aliphatic rings. The van der Waals surface area contributed by atoms with Gasteiger partial charge in [-0.3, -0.25) is 19.2 Å². The molecule has 4 atom stereocenters. The molecule has 3 aliphatic heterocycles. The Balaban J connectivity index is 1.44. The quantitative estimate of drug-likeness (QED) is 0.475. The zero-order chi connectivity index (χ0) is 29.8. The van der Waals surface area contributed by atoms with Gasteiger partial charge in [-0.1, -0.05) is 36.4 Å². The van der Waals surface area contributed by atoms with Gasteiger partial charge in [-0.05, 0) is 44.7 Å². The summed E-state index contributed by atoms with van der Waals surface area (Å²) in [6.07, 6.45) is 3.07. The third kappa shape index (κ3) is 4.76. The topological polar surface area (TPSA) is 107 Å². The highest BCUT2D eigenvalue weighted by molar-refractivity contribution is 5.99. The molecule has 3 aromatic rings. The van der Waals surface area contributed by atoms with Crippen molar-refractivity contribution in [2.24, 2.45) is 5.73 Å². The fraction of sp³-hybridized carbons (Fsp3) is 0.387. The molecular formula is C31H32F2N4O5. The number of aromatic nitrogens is 1. The molecule has 0 aliphatic carbocycles. The number of rotatable bonds is 6. The van der Waals surface area contributed by atoms with E-state index in [1.165, 1.54) is 18.3 Å². The lowest BCUT2D eigenvalue weighted by atomic mass is 9.84. The molecule has 220 valence electrons. The summed E-state index contributed by atoms with van der Waals surface area (Å²) >= 11 is 0. The summed E-state index contributed by atoms with van der Waals surface area (Å²) in [7, 11) is 0. The monoisotopic (exact) mass is 578 g/mol. The number of benzene rings is 2.